The van der Waals surface area contributed by atoms with E-state index in [1.165, 1.54) is 30.4 Å². The zero-order valence-electron chi connectivity index (χ0n) is 13.5. The Balaban J connectivity index is 1.90. The summed E-state index contributed by atoms with van der Waals surface area (Å²) in [6.45, 7) is 7.53. The summed E-state index contributed by atoms with van der Waals surface area (Å²) in [6, 6.07) is 6.94. The first-order chi connectivity index (χ1) is 10.4. The van der Waals surface area contributed by atoms with E-state index in [1.807, 2.05) is 0 Å². The number of hydrogen-bond donors (Lipinski definition) is 1. The summed E-state index contributed by atoms with van der Waals surface area (Å²) in [5.41, 5.74) is 2.82. The molecule has 2 rings (SSSR count). The first-order valence-electron chi connectivity index (χ1n) is 8.42. The highest BCUT2D eigenvalue weighted by atomic mass is 16.5. The molecule has 0 radical (unpaired) electrons. The van der Waals surface area contributed by atoms with Gasteiger partial charge in [-0.15, -0.1) is 0 Å². The number of rotatable bonds is 9. The molecule has 0 aliphatic heterocycles. The lowest BCUT2D eigenvalue weighted by molar-refractivity contribution is 0.0976. The van der Waals surface area contributed by atoms with Gasteiger partial charge in [0.2, 0.25) is 0 Å². The van der Waals surface area contributed by atoms with Crippen LogP contribution in [0.15, 0.2) is 18.2 Å². The molecule has 0 heterocycles. The molecule has 3 heteroatoms. The van der Waals surface area contributed by atoms with E-state index >= 15 is 0 Å². The standard InChI is InChI=1S/C18H29NO2/c1-3-5-12-20-13-14-21-18-11-7-8-15-16(18)9-6-10-17(15)19-4-2/h7-8,11,17,19H,3-6,9-10,12-14H2,1-2H3. The quantitative estimate of drug-likeness (QED) is 0.701. The second-order valence-electron chi connectivity index (χ2n) is 5.64. The van der Waals surface area contributed by atoms with Crippen molar-refractivity contribution in [3.8, 4) is 5.75 Å². The lowest BCUT2D eigenvalue weighted by Crippen LogP contribution is -2.25. The van der Waals surface area contributed by atoms with Gasteiger partial charge in [0.05, 0.1) is 6.61 Å². The average molecular weight is 291 g/mol. The smallest absolute Gasteiger partial charge is 0.122 e. The Kier molecular flexibility index (Phi) is 7.04. The molecular weight excluding hydrogens is 262 g/mol. The van der Waals surface area contributed by atoms with Crippen molar-refractivity contribution in [1.82, 2.24) is 5.32 Å². The molecule has 1 aliphatic rings. The Bertz CT molecular complexity index is 420. The predicted molar refractivity (Wildman–Crippen MR) is 87.0 cm³/mol. The summed E-state index contributed by atoms with van der Waals surface area (Å²) in [7, 11) is 0. The normalized spacial score (nSPS) is 17.5. The van der Waals surface area contributed by atoms with Gasteiger partial charge in [0.1, 0.15) is 12.4 Å². The third-order valence-corrected chi connectivity index (χ3v) is 4.04. The molecule has 21 heavy (non-hydrogen) atoms. The van der Waals surface area contributed by atoms with Gasteiger partial charge < -0.3 is 14.8 Å². The van der Waals surface area contributed by atoms with E-state index in [0.717, 1.165) is 31.7 Å². The SMILES string of the molecule is CCCCOCCOc1cccc2c1CCCC2NCC. The van der Waals surface area contributed by atoms with E-state index in [4.69, 9.17) is 9.47 Å². The number of nitrogens with one attached hydrogen (secondary N) is 1. The highest BCUT2D eigenvalue weighted by molar-refractivity contribution is 5.43. The number of ether oxygens (including phenoxy) is 2. The van der Waals surface area contributed by atoms with Crippen molar-refractivity contribution in [2.75, 3.05) is 26.4 Å². The summed E-state index contributed by atoms with van der Waals surface area (Å²) in [4.78, 5) is 0. The average Bonchev–Trinajstić information content (AvgIpc) is 2.51. The molecule has 118 valence electrons. The fraction of sp³-hybridized carbons (Fsp3) is 0.667. The van der Waals surface area contributed by atoms with Crippen molar-refractivity contribution in [3.63, 3.8) is 0 Å². The lowest BCUT2D eigenvalue weighted by atomic mass is 9.87. The van der Waals surface area contributed by atoms with Crippen molar-refractivity contribution in [2.45, 2.75) is 52.0 Å². The van der Waals surface area contributed by atoms with Crippen LogP contribution in [0.1, 0.15) is 56.7 Å². The van der Waals surface area contributed by atoms with Crippen molar-refractivity contribution in [1.29, 1.82) is 0 Å². The highest BCUT2D eigenvalue weighted by Crippen LogP contribution is 2.35. The van der Waals surface area contributed by atoms with E-state index in [2.05, 4.69) is 37.4 Å². The Labute approximate surface area is 129 Å². The molecule has 3 nitrogen and oxygen atoms in total. The van der Waals surface area contributed by atoms with Crippen LogP contribution in [0.5, 0.6) is 5.75 Å². The van der Waals surface area contributed by atoms with E-state index in [-0.39, 0.29) is 0 Å². The molecule has 0 spiro atoms. The van der Waals surface area contributed by atoms with Gasteiger partial charge in [-0.05, 0) is 49.4 Å². The molecule has 0 saturated heterocycles. The zero-order chi connectivity index (χ0) is 14.9. The molecule has 1 atom stereocenters. The fourth-order valence-electron chi connectivity index (χ4n) is 2.97. The summed E-state index contributed by atoms with van der Waals surface area (Å²) in [6.07, 6.45) is 5.90. The Hall–Kier alpha value is -1.06. The van der Waals surface area contributed by atoms with Crippen molar-refractivity contribution in [3.05, 3.63) is 29.3 Å². The van der Waals surface area contributed by atoms with Crippen molar-refractivity contribution >= 4 is 0 Å². The minimum atomic E-state index is 0.489. The summed E-state index contributed by atoms with van der Waals surface area (Å²) < 4.78 is 11.5. The van der Waals surface area contributed by atoms with Gasteiger partial charge in [0.15, 0.2) is 0 Å². The molecule has 1 aromatic carbocycles. The monoisotopic (exact) mass is 291 g/mol. The summed E-state index contributed by atoms with van der Waals surface area (Å²) >= 11 is 0. The highest BCUT2D eigenvalue weighted by Gasteiger charge is 2.21. The van der Waals surface area contributed by atoms with Crippen LogP contribution in [0.4, 0.5) is 0 Å². The minimum Gasteiger partial charge on any atom is -0.491 e. The van der Waals surface area contributed by atoms with Crippen molar-refractivity contribution < 1.29 is 9.47 Å². The van der Waals surface area contributed by atoms with Gasteiger partial charge in [-0.2, -0.15) is 0 Å². The third-order valence-electron chi connectivity index (χ3n) is 4.04. The second-order valence-corrected chi connectivity index (χ2v) is 5.64. The van der Waals surface area contributed by atoms with E-state index < -0.39 is 0 Å². The largest absolute Gasteiger partial charge is 0.491 e. The van der Waals surface area contributed by atoms with Crippen LogP contribution >= 0.6 is 0 Å². The maximum Gasteiger partial charge on any atom is 0.122 e. The molecule has 0 amide bonds. The van der Waals surface area contributed by atoms with Gasteiger partial charge in [-0.3, -0.25) is 0 Å². The van der Waals surface area contributed by atoms with Crippen molar-refractivity contribution in [2.24, 2.45) is 0 Å². The summed E-state index contributed by atoms with van der Waals surface area (Å²) in [5, 5.41) is 3.58. The third kappa shape index (κ3) is 4.72. The minimum absolute atomic E-state index is 0.489. The van der Waals surface area contributed by atoms with Gasteiger partial charge >= 0.3 is 0 Å². The molecule has 1 aliphatic carbocycles. The maximum atomic E-state index is 5.96. The number of hydrogen-bond acceptors (Lipinski definition) is 3. The molecule has 1 N–H and O–H groups in total. The van der Waals surface area contributed by atoms with E-state index in [0.29, 0.717) is 19.3 Å². The molecule has 0 saturated carbocycles. The molecule has 0 aromatic heterocycles. The zero-order valence-corrected chi connectivity index (χ0v) is 13.5. The predicted octanol–water partition coefficient (Wildman–Crippen LogP) is 3.87. The van der Waals surface area contributed by atoms with Crippen LogP contribution in [0, 0.1) is 0 Å². The van der Waals surface area contributed by atoms with Crippen LogP contribution in [0.2, 0.25) is 0 Å². The number of benzene rings is 1. The lowest BCUT2D eigenvalue weighted by Gasteiger charge is -2.27. The van der Waals surface area contributed by atoms with Crippen LogP contribution in [-0.4, -0.2) is 26.4 Å². The van der Waals surface area contributed by atoms with Crippen LogP contribution in [0.3, 0.4) is 0 Å². The molecule has 0 bridgehead atoms. The number of fused-ring (bicyclic) bond motifs is 1. The van der Waals surface area contributed by atoms with E-state index in [1.54, 1.807) is 0 Å². The first kappa shape index (κ1) is 16.3. The topological polar surface area (TPSA) is 30.5 Å². The van der Waals surface area contributed by atoms with Crippen LogP contribution in [0.25, 0.3) is 0 Å². The molecule has 1 unspecified atom stereocenters. The molecular formula is C18H29NO2. The Morgan fingerprint density at radius 1 is 1.19 bits per heavy atom. The van der Waals surface area contributed by atoms with Gasteiger partial charge in [0, 0.05) is 12.6 Å². The molecule has 1 aromatic rings. The Morgan fingerprint density at radius 2 is 2.10 bits per heavy atom. The van der Waals surface area contributed by atoms with Crippen LogP contribution in [-0.2, 0) is 11.2 Å². The van der Waals surface area contributed by atoms with Gasteiger partial charge in [-0.25, -0.2) is 0 Å². The number of unbranched alkanes of at least 4 members (excludes halogenated alkanes) is 1. The second kappa shape index (κ2) is 9.06. The maximum absolute atomic E-state index is 5.96. The van der Waals surface area contributed by atoms with Gasteiger partial charge in [0.25, 0.3) is 0 Å². The Morgan fingerprint density at radius 3 is 2.90 bits per heavy atom. The first-order valence-corrected chi connectivity index (χ1v) is 8.42. The van der Waals surface area contributed by atoms with Gasteiger partial charge in [-0.1, -0.05) is 32.4 Å². The fourth-order valence-corrected chi connectivity index (χ4v) is 2.97. The van der Waals surface area contributed by atoms with E-state index in [9.17, 15) is 0 Å². The molecule has 0 fully saturated rings. The summed E-state index contributed by atoms with van der Waals surface area (Å²) in [5.74, 6) is 1.05. The van der Waals surface area contributed by atoms with Crippen LogP contribution < -0.4 is 10.1 Å².